The first kappa shape index (κ1) is 20.6. The predicted molar refractivity (Wildman–Crippen MR) is 109 cm³/mol. The Morgan fingerprint density at radius 3 is 2.97 bits per heavy atom. The monoisotopic (exact) mass is 413 g/mol. The summed E-state index contributed by atoms with van der Waals surface area (Å²) in [6.45, 7) is 4.50. The number of rotatable bonds is 4. The summed E-state index contributed by atoms with van der Waals surface area (Å²) in [5.41, 5.74) is 2.35. The molecule has 0 saturated carbocycles. The van der Waals surface area contributed by atoms with Gasteiger partial charge in [0.15, 0.2) is 0 Å². The third-order valence-corrected chi connectivity index (χ3v) is 5.79. The number of ether oxygens (including phenoxy) is 1. The number of carbonyl (C=O) groups excluding carboxylic acids is 2. The lowest BCUT2D eigenvalue weighted by Gasteiger charge is -2.25. The highest BCUT2D eigenvalue weighted by Crippen LogP contribution is 2.36. The van der Waals surface area contributed by atoms with E-state index in [2.05, 4.69) is 11.4 Å². The number of halogens is 1. The molecule has 0 atom stereocenters. The third kappa shape index (κ3) is 4.46. The Bertz CT molecular complexity index is 1020. The number of benzene rings is 1. The van der Waals surface area contributed by atoms with Crippen molar-refractivity contribution >= 4 is 34.4 Å². The first-order chi connectivity index (χ1) is 13.9. The Hall–Kier alpha value is -3.18. The van der Waals surface area contributed by atoms with E-state index in [1.807, 2.05) is 0 Å². The number of amides is 2. The molecule has 0 radical (unpaired) electrons. The van der Waals surface area contributed by atoms with Gasteiger partial charge in [-0.05, 0) is 49.1 Å². The van der Waals surface area contributed by atoms with Gasteiger partial charge in [-0.3, -0.25) is 4.79 Å². The number of thiophene rings is 1. The van der Waals surface area contributed by atoms with Crippen LogP contribution in [-0.2, 0) is 22.5 Å². The van der Waals surface area contributed by atoms with E-state index < -0.39 is 5.91 Å². The fourth-order valence-electron chi connectivity index (χ4n) is 3.10. The van der Waals surface area contributed by atoms with Gasteiger partial charge in [-0.2, -0.15) is 5.26 Å². The molecule has 29 heavy (non-hydrogen) atoms. The van der Waals surface area contributed by atoms with Crippen LogP contribution in [0.2, 0.25) is 0 Å². The average Bonchev–Trinajstić information content (AvgIpc) is 3.05. The topological polar surface area (TPSA) is 82.4 Å². The molecule has 0 spiro atoms. The Kier molecular flexibility index (Phi) is 6.29. The molecule has 1 aliphatic heterocycles. The van der Waals surface area contributed by atoms with Crippen LogP contribution in [-0.4, -0.2) is 30.1 Å². The number of anilines is 1. The summed E-state index contributed by atoms with van der Waals surface area (Å²) >= 11 is 1.28. The van der Waals surface area contributed by atoms with Crippen molar-refractivity contribution in [2.45, 2.75) is 26.8 Å². The summed E-state index contributed by atoms with van der Waals surface area (Å²) in [6.07, 6.45) is 2.99. The number of nitrogens with one attached hydrogen (secondary N) is 1. The van der Waals surface area contributed by atoms with Gasteiger partial charge in [0.2, 0.25) is 5.91 Å². The molecule has 2 aromatic rings. The lowest BCUT2D eigenvalue weighted by Crippen LogP contribution is -2.35. The summed E-state index contributed by atoms with van der Waals surface area (Å²) in [7, 11) is 0. The van der Waals surface area contributed by atoms with Crippen molar-refractivity contribution in [2.24, 2.45) is 0 Å². The van der Waals surface area contributed by atoms with E-state index in [0.29, 0.717) is 47.8 Å². The molecule has 150 valence electrons. The summed E-state index contributed by atoms with van der Waals surface area (Å²) < 4.78 is 18.6. The summed E-state index contributed by atoms with van der Waals surface area (Å²) in [4.78, 5) is 26.7. The number of nitriles is 1. The van der Waals surface area contributed by atoms with Crippen LogP contribution in [0.3, 0.4) is 0 Å². The van der Waals surface area contributed by atoms with Crippen molar-refractivity contribution in [3.05, 3.63) is 57.2 Å². The van der Waals surface area contributed by atoms with Crippen LogP contribution in [0.4, 0.5) is 14.2 Å². The Balaban J connectivity index is 1.76. The van der Waals surface area contributed by atoms with Crippen molar-refractivity contribution < 1.29 is 18.7 Å². The van der Waals surface area contributed by atoms with E-state index in [4.69, 9.17) is 4.74 Å². The van der Waals surface area contributed by atoms with E-state index in [1.54, 1.807) is 30.9 Å². The van der Waals surface area contributed by atoms with E-state index in [0.717, 1.165) is 10.4 Å². The van der Waals surface area contributed by atoms with E-state index in [9.17, 15) is 19.2 Å². The molecule has 2 heterocycles. The van der Waals surface area contributed by atoms with Gasteiger partial charge < -0.3 is 15.0 Å². The molecule has 1 N–H and O–H groups in total. The van der Waals surface area contributed by atoms with Crippen molar-refractivity contribution in [1.29, 1.82) is 5.26 Å². The maximum atomic E-state index is 13.6. The van der Waals surface area contributed by atoms with Gasteiger partial charge in [-0.15, -0.1) is 11.3 Å². The van der Waals surface area contributed by atoms with Crippen LogP contribution >= 0.6 is 11.3 Å². The number of nitrogens with zero attached hydrogens (tertiary/aromatic N) is 2. The number of carbonyl (C=O) groups is 2. The Labute approximate surface area is 172 Å². The highest BCUT2D eigenvalue weighted by atomic mass is 32.1. The molecule has 1 aromatic carbocycles. The van der Waals surface area contributed by atoms with Gasteiger partial charge in [-0.1, -0.05) is 12.1 Å². The number of hydrogen-bond acceptors (Lipinski definition) is 5. The van der Waals surface area contributed by atoms with Crippen LogP contribution in [0.15, 0.2) is 24.3 Å². The van der Waals surface area contributed by atoms with Crippen molar-refractivity contribution in [3.63, 3.8) is 0 Å². The summed E-state index contributed by atoms with van der Waals surface area (Å²) in [6, 6.07) is 6.82. The molecule has 8 heteroatoms. The largest absolute Gasteiger partial charge is 0.450 e. The molecular weight excluding hydrogens is 393 g/mol. The molecule has 0 aliphatic carbocycles. The fraction of sp³-hybridized carbons (Fsp3) is 0.286. The lowest BCUT2D eigenvalue weighted by atomic mass is 10.0. The van der Waals surface area contributed by atoms with E-state index >= 15 is 0 Å². The number of fused-ring (bicyclic) bond motifs is 1. The van der Waals surface area contributed by atoms with Crippen molar-refractivity contribution in [3.8, 4) is 6.07 Å². The number of hydrogen-bond donors (Lipinski definition) is 1. The maximum absolute atomic E-state index is 13.6. The molecule has 1 aliphatic rings. The van der Waals surface area contributed by atoms with Crippen molar-refractivity contribution in [1.82, 2.24) is 4.90 Å². The van der Waals surface area contributed by atoms with E-state index in [-0.39, 0.29) is 11.9 Å². The third-order valence-electron chi connectivity index (χ3n) is 4.66. The smallest absolute Gasteiger partial charge is 0.410 e. The van der Waals surface area contributed by atoms with Crippen LogP contribution in [0, 0.1) is 24.1 Å². The SMILES string of the molecule is CCOC(=O)N1CCc2c(sc(NC(=O)C=Cc3cccc(F)c3C)c2C#N)C1. The van der Waals surface area contributed by atoms with Crippen LogP contribution < -0.4 is 5.32 Å². The van der Waals surface area contributed by atoms with Crippen molar-refractivity contribution in [2.75, 3.05) is 18.5 Å². The molecule has 0 unspecified atom stereocenters. The minimum Gasteiger partial charge on any atom is -0.450 e. The molecule has 0 saturated heterocycles. The van der Waals surface area contributed by atoms with Gasteiger partial charge in [-0.25, -0.2) is 9.18 Å². The first-order valence-corrected chi connectivity index (χ1v) is 9.96. The zero-order chi connectivity index (χ0) is 21.0. The van der Waals surface area contributed by atoms with Gasteiger partial charge in [0.25, 0.3) is 0 Å². The normalized spacial score (nSPS) is 13.1. The lowest BCUT2D eigenvalue weighted by molar-refractivity contribution is -0.111. The minimum absolute atomic E-state index is 0.300. The van der Waals surface area contributed by atoms with Crippen LogP contribution in [0.5, 0.6) is 0 Å². The average molecular weight is 413 g/mol. The predicted octanol–water partition coefficient (Wildman–Crippen LogP) is 4.23. The molecule has 0 fully saturated rings. The van der Waals surface area contributed by atoms with Gasteiger partial charge in [0.1, 0.15) is 16.9 Å². The fourth-order valence-corrected chi connectivity index (χ4v) is 4.32. The second kappa shape index (κ2) is 8.88. The highest BCUT2D eigenvalue weighted by Gasteiger charge is 2.27. The second-order valence-corrected chi connectivity index (χ2v) is 7.57. The zero-order valence-electron chi connectivity index (χ0n) is 16.1. The molecule has 2 amide bonds. The Morgan fingerprint density at radius 1 is 1.45 bits per heavy atom. The van der Waals surface area contributed by atoms with Crippen LogP contribution in [0.25, 0.3) is 6.08 Å². The molecule has 0 bridgehead atoms. The Morgan fingerprint density at radius 2 is 2.24 bits per heavy atom. The van der Waals surface area contributed by atoms with Gasteiger partial charge in [0, 0.05) is 17.5 Å². The van der Waals surface area contributed by atoms with Crippen LogP contribution in [0.1, 0.15) is 34.1 Å². The van der Waals surface area contributed by atoms with E-state index in [1.165, 1.54) is 29.6 Å². The second-order valence-electron chi connectivity index (χ2n) is 6.47. The molecular formula is C21H20FN3O3S. The quantitative estimate of drug-likeness (QED) is 0.761. The first-order valence-electron chi connectivity index (χ1n) is 9.15. The minimum atomic E-state index is -0.411. The molecule has 6 nitrogen and oxygen atoms in total. The maximum Gasteiger partial charge on any atom is 0.410 e. The molecule has 1 aromatic heterocycles. The zero-order valence-corrected chi connectivity index (χ0v) is 16.9. The standard InChI is InChI=1S/C21H20FN3O3S/c1-3-28-21(27)25-10-9-15-16(11-23)20(29-18(15)12-25)24-19(26)8-7-14-5-4-6-17(22)13(14)2/h4-8H,3,9-10,12H2,1-2H3,(H,24,26). The van der Waals surface area contributed by atoms with Gasteiger partial charge in [0.05, 0.1) is 18.7 Å². The van der Waals surface area contributed by atoms with Gasteiger partial charge >= 0.3 is 6.09 Å². The molecule has 3 rings (SSSR count). The summed E-state index contributed by atoms with van der Waals surface area (Å²) in [5.74, 6) is -0.748. The summed E-state index contributed by atoms with van der Waals surface area (Å²) in [5, 5.41) is 12.7. The highest BCUT2D eigenvalue weighted by molar-refractivity contribution is 7.16.